The summed E-state index contributed by atoms with van der Waals surface area (Å²) in [4.78, 5) is 27.2. The molecule has 1 fully saturated rings. The molecular weight excluding hydrogens is 396 g/mol. The fourth-order valence-electron chi connectivity index (χ4n) is 3.99. The molecule has 1 aliphatic carbocycles. The number of nitrogens with zero attached hydrogens (tertiary/aromatic N) is 4. The van der Waals surface area contributed by atoms with Gasteiger partial charge in [-0.15, -0.1) is 0 Å². The Bertz CT molecular complexity index is 1020. The molecule has 2 amide bonds. The molecule has 1 aromatic heterocycles. The summed E-state index contributed by atoms with van der Waals surface area (Å²) in [5.41, 5.74) is 2.58. The number of ether oxygens (including phenoxy) is 2. The number of methoxy groups -OCH3 is 2. The van der Waals surface area contributed by atoms with Crippen LogP contribution in [-0.4, -0.2) is 59.8 Å². The molecule has 1 atom stereocenters. The first-order chi connectivity index (χ1) is 14.9. The monoisotopic (exact) mass is 424 g/mol. The lowest BCUT2D eigenvalue weighted by molar-refractivity contribution is -0.141. The van der Waals surface area contributed by atoms with Crippen LogP contribution in [0.1, 0.15) is 36.6 Å². The fraction of sp³-hybridized carbons (Fsp3) is 0.435. The molecule has 8 nitrogen and oxygen atoms in total. The number of aryl methyl sites for hydroxylation is 1. The van der Waals surface area contributed by atoms with Gasteiger partial charge in [0.2, 0.25) is 5.91 Å². The normalized spacial score (nSPS) is 18.0. The van der Waals surface area contributed by atoms with Gasteiger partial charge in [0.15, 0.2) is 0 Å². The maximum Gasteiger partial charge on any atom is 0.262 e. The Kier molecular flexibility index (Phi) is 5.71. The van der Waals surface area contributed by atoms with Gasteiger partial charge in [0, 0.05) is 38.2 Å². The minimum Gasteiger partial charge on any atom is -0.497 e. The third-order valence-corrected chi connectivity index (χ3v) is 5.88. The average Bonchev–Trinajstić information content (AvgIpc) is 3.39. The number of hydrogen-bond acceptors (Lipinski definition) is 5. The molecule has 4 rings (SSSR count). The topological polar surface area (TPSA) is 76.4 Å². The predicted octanol–water partition coefficient (Wildman–Crippen LogP) is 2.59. The van der Waals surface area contributed by atoms with Crippen LogP contribution in [0.15, 0.2) is 41.6 Å². The standard InChI is InChI=1S/C23H28N4O4/c1-25-11-5-6-19(25)18-13-20(17-12-16(30-3)9-10-21(17)31-4)27(24-18)22(28)14-26(2)23(29)15-7-8-15/h5-6,9-12,15,20H,7-8,13-14H2,1-4H3. The van der Waals surface area contributed by atoms with E-state index < -0.39 is 0 Å². The van der Waals surface area contributed by atoms with Crippen molar-refractivity contribution in [3.05, 3.63) is 47.8 Å². The van der Waals surface area contributed by atoms with Crippen LogP contribution >= 0.6 is 0 Å². The van der Waals surface area contributed by atoms with Crippen LogP contribution in [0.3, 0.4) is 0 Å². The number of carbonyl (C=O) groups excluding carboxylic acids is 2. The Morgan fingerprint density at radius 1 is 1.19 bits per heavy atom. The quantitative estimate of drug-likeness (QED) is 0.685. The Morgan fingerprint density at radius 2 is 1.97 bits per heavy atom. The van der Waals surface area contributed by atoms with Crippen molar-refractivity contribution in [1.29, 1.82) is 0 Å². The average molecular weight is 425 g/mol. The highest BCUT2D eigenvalue weighted by atomic mass is 16.5. The minimum atomic E-state index is -0.355. The van der Waals surface area contributed by atoms with Crippen LogP contribution in [0.2, 0.25) is 0 Å². The largest absolute Gasteiger partial charge is 0.497 e. The molecule has 0 saturated heterocycles. The molecule has 2 aromatic rings. The summed E-state index contributed by atoms with van der Waals surface area (Å²) in [6, 6.07) is 9.12. The van der Waals surface area contributed by atoms with E-state index in [1.54, 1.807) is 21.3 Å². The summed E-state index contributed by atoms with van der Waals surface area (Å²) in [5.74, 6) is 1.20. The van der Waals surface area contributed by atoms with Gasteiger partial charge in [-0.25, -0.2) is 5.01 Å². The zero-order valence-corrected chi connectivity index (χ0v) is 18.4. The molecule has 2 heterocycles. The Hall–Kier alpha value is -3.29. The molecule has 8 heteroatoms. The molecule has 1 aromatic carbocycles. The third-order valence-electron chi connectivity index (χ3n) is 5.88. The molecule has 0 spiro atoms. The van der Waals surface area contributed by atoms with Gasteiger partial charge >= 0.3 is 0 Å². The van der Waals surface area contributed by atoms with E-state index in [1.807, 2.05) is 48.1 Å². The van der Waals surface area contributed by atoms with E-state index in [0.717, 1.165) is 29.8 Å². The maximum atomic E-state index is 13.3. The van der Waals surface area contributed by atoms with Crippen molar-refractivity contribution in [2.24, 2.45) is 18.1 Å². The second kappa shape index (κ2) is 8.45. The zero-order chi connectivity index (χ0) is 22.1. The number of aromatic nitrogens is 1. The molecule has 164 valence electrons. The molecule has 0 N–H and O–H groups in total. The van der Waals surface area contributed by atoms with E-state index in [4.69, 9.17) is 14.6 Å². The lowest BCUT2D eigenvalue weighted by Gasteiger charge is -2.26. The van der Waals surface area contributed by atoms with Gasteiger partial charge in [-0.2, -0.15) is 5.10 Å². The molecular formula is C23H28N4O4. The first-order valence-electron chi connectivity index (χ1n) is 10.4. The summed E-state index contributed by atoms with van der Waals surface area (Å²) < 4.78 is 13.0. The molecule has 1 saturated carbocycles. The number of hydrazone groups is 1. The second-order valence-electron chi connectivity index (χ2n) is 8.09. The summed E-state index contributed by atoms with van der Waals surface area (Å²) in [5, 5.41) is 6.19. The smallest absolute Gasteiger partial charge is 0.262 e. The van der Waals surface area contributed by atoms with Crippen molar-refractivity contribution in [3.63, 3.8) is 0 Å². The Morgan fingerprint density at radius 3 is 2.58 bits per heavy atom. The first-order valence-corrected chi connectivity index (χ1v) is 10.4. The zero-order valence-electron chi connectivity index (χ0n) is 18.4. The number of amides is 2. The van der Waals surface area contributed by atoms with E-state index in [-0.39, 0.29) is 30.3 Å². The van der Waals surface area contributed by atoms with Crippen LogP contribution < -0.4 is 9.47 Å². The van der Waals surface area contributed by atoms with E-state index in [2.05, 4.69) is 0 Å². The van der Waals surface area contributed by atoms with Gasteiger partial charge in [0.1, 0.15) is 18.0 Å². The number of benzene rings is 1. The molecule has 2 aliphatic rings. The Balaban J connectivity index is 1.67. The van der Waals surface area contributed by atoms with Crippen molar-refractivity contribution in [2.45, 2.75) is 25.3 Å². The van der Waals surface area contributed by atoms with E-state index in [9.17, 15) is 9.59 Å². The van der Waals surface area contributed by atoms with Gasteiger partial charge in [-0.1, -0.05) is 0 Å². The van der Waals surface area contributed by atoms with Gasteiger partial charge in [0.05, 0.1) is 31.7 Å². The van der Waals surface area contributed by atoms with Gasteiger partial charge in [-0.3, -0.25) is 9.59 Å². The molecule has 0 bridgehead atoms. The summed E-state index contributed by atoms with van der Waals surface area (Å²) in [6.45, 7) is -0.0119. The molecule has 0 radical (unpaired) electrons. The van der Waals surface area contributed by atoms with Crippen molar-refractivity contribution < 1.29 is 19.1 Å². The second-order valence-corrected chi connectivity index (χ2v) is 8.09. The minimum absolute atomic E-state index is 0.0119. The SMILES string of the molecule is COc1ccc(OC)c(C2CC(c3cccn3C)=NN2C(=O)CN(C)C(=O)C2CC2)c1. The number of hydrogen-bond donors (Lipinski definition) is 0. The number of carbonyl (C=O) groups is 2. The number of likely N-dealkylation sites (N-methyl/N-ethyl adjacent to an activating group) is 1. The van der Waals surface area contributed by atoms with Crippen LogP contribution in [0.4, 0.5) is 0 Å². The van der Waals surface area contributed by atoms with Crippen LogP contribution in [0.5, 0.6) is 11.5 Å². The van der Waals surface area contributed by atoms with Gasteiger partial charge in [0.25, 0.3) is 5.91 Å². The van der Waals surface area contributed by atoms with Crippen molar-refractivity contribution in [2.75, 3.05) is 27.8 Å². The van der Waals surface area contributed by atoms with E-state index >= 15 is 0 Å². The lowest BCUT2D eigenvalue weighted by atomic mass is 9.99. The highest BCUT2D eigenvalue weighted by Crippen LogP contribution is 2.39. The predicted molar refractivity (Wildman–Crippen MR) is 116 cm³/mol. The van der Waals surface area contributed by atoms with Crippen molar-refractivity contribution >= 4 is 17.5 Å². The van der Waals surface area contributed by atoms with Crippen molar-refractivity contribution in [3.8, 4) is 11.5 Å². The summed E-state index contributed by atoms with van der Waals surface area (Å²) >= 11 is 0. The summed E-state index contributed by atoms with van der Waals surface area (Å²) in [7, 11) is 6.84. The highest BCUT2D eigenvalue weighted by Gasteiger charge is 2.38. The summed E-state index contributed by atoms with van der Waals surface area (Å²) in [6.07, 6.45) is 4.29. The highest BCUT2D eigenvalue weighted by molar-refractivity contribution is 6.02. The molecule has 31 heavy (non-hydrogen) atoms. The Labute approximate surface area is 182 Å². The maximum absolute atomic E-state index is 13.3. The molecule has 1 aliphatic heterocycles. The molecule has 1 unspecified atom stereocenters. The van der Waals surface area contributed by atoms with Crippen LogP contribution in [0, 0.1) is 5.92 Å². The fourth-order valence-corrected chi connectivity index (χ4v) is 3.99. The van der Waals surface area contributed by atoms with E-state index in [1.165, 1.54) is 9.91 Å². The van der Waals surface area contributed by atoms with Crippen LogP contribution in [0.25, 0.3) is 0 Å². The van der Waals surface area contributed by atoms with Gasteiger partial charge < -0.3 is 18.9 Å². The van der Waals surface area contributed by atoms with Crippen LogP contribution in [-0.2, 0) is 16.6 Å². The lowest BCUT2D eigenvalue weighted by Crippen LogP contribution is -2.39. The number of rotatable bonds is 7. The van der Waals surface area contributed by atoms with Gasteiger partial charge in [-0.05, 0) is 43.2 Å². The first kappa shape index (κ1) is 21.0. The van der Waals surface area contributed by atoms with Crippen molar-refractivity contribution in [1.82, 2.24) is 14.5 Å². The van der Waals surface area contributed by atoms with E-state index in [0.29, 0.717) is 17.9 Å². The third kappa shape index (κ3) is 4.15.